The van der Waals surface area contributed by atoms with Crippen molar-refractivity contribution < 1.29 is 9.21 Å². The van der Waals surface area contributed by atoms with E-state index in [1.807, 2.05) is 42.5 Å². The predicted octanol–water partition coefficient (Wildman–Crippen LogP) is 4.68. The van der Waals surface area contributed by atoms with E-state index in [2.05, 4.69) is 16.3 Å². The minimum absolute atomic E-state index is 0.212. The topological polar surface area (TPSA) is 45.5 Å². The minimum Gasteiger partial charge on any atom is -0.451 e. The van der Waals surface area contributed by atoms with Crippen LogP contribution in [0.1, 0.15) is 29.8 Å². The molecule has 1 aliphatic rings. The van der Waals surface area contributed by atoms with E-state index in [0.717, 1.165) is 35.4 Å². The van der Waals surface area contributed by atoms with Crippen LogP contribution in [-0.4, -0.2) is 19.0 Å². The Morgan fingerprint density at radius 3 is 2.54 bits per heavy atom. The van der Waals surface area contributed by atoms with Gasteiger partial charge in [-0.05, 0) is 43.5 Å². The number of nitrogens with one attached hydrogen (secondary N) is 1. The number of hydrogen-bond donors (Lipinski definition) is 1. The highest BCUT2D eigenvalue weighted by atomic mass is 16.3. The first-order valence-corrected chi connectivity index (χ1v) is 8.45. The predicted molar refractivity (Wildman–Crippen MR) is 96.7 cm³/mol. The van der Waals surface area contributed by atoms with Crippen LogP contribution in [0.25, 0.3) is 11.0 Å². The molecule has 2 heterocycles. The number of rotatable bonds is 3. The first-order valence-electron chi connectivity index (χ1n) is 8.45. The number of benzene rings is 2. The number of carbonyl (C=O) groups is 1. The molecule has 0 atom stereocenters. The lowest BCUT2D eigenvalue weighted by atomic mass is 10.1. The summed E-state index contributed by atoms with van der Waals surface area (Å²) in [5, 5.41) is 3.95. The second-order valence-corrected chi connectivity index (χ2v) is 6.17. The Hall–Kier alpha value is -2.75. The van der Waals surface area contributed by atoms with Crippen LogP contribution in [0.15, 0.2) is 59.0 Å². The number of furan rings is 1. The maximum Gasteiger partial charge on any atom is 0.291 e. The molecule has 0 aliphatic carbocycles. The van der Waals surface area contributed by atoms with Crippen molar-refractivity contribution in [1.29, 1.82) is 0 Å². The zero-order chi connectivity index (χ0) is 16.4. The van der Waals surface area contributed by atoms with Crippen LogP contribution in [0.4, 0.5) is 11.4 Å². The van der Waals surface area contributed by atoms with E-state index < -0.39 is 0 Å². The van der Waals surface area contributed by atoms with Gasteiger partial charge in [0.15, 0.2) is 5.76 Å². The molecule has 4 heteroatoms. The molecule has 0 unspecified atom stereocenters. The summed E-state index contributed by atoms with van der Waals surface area (Å²) >= 11 is 0. The first kappa shape index (κ1) is 14.8. The van der Waals surface area contributed by atoms with Crippen LogP contribution in [0, 0.1) is 0 Å². The maximum absolute atomic E-state index is 12.6. The summed E-state index contributed by atoms with van der Waals surface area (Å²) < 4.78 is 5.66. The number of nitrogens with zero attached hydrogens (tertiary/aromatic N) is 1. The normalized spacial score (nSPS) is 14.8. The Bertz CT molecular complexity index is 830. The van der Waals surface area contributed by atoms with Crippen LogP contribution in [0.5, 0.6) is 0 Å². The Morgan fingerprint density at radius 1 is 0.958 bits per heavy atom. The van der Waals surface area contributed by atoms with Gasteiger partial charge in [0.1, 0.15) is 5.58 Å². The monoisotopic (exact) mass is 320 g/mol. The minimum atomic E-state index is -0.212. The van der Waals surface area contributed by atoms with Crippen LogP contribution in [-0.2, 0) is 0 Å². The van der Waals surface area contributed by atoms with Gasteiger partial charge in [-0.25, -0.2) is 0 Å². The van der Waals surface area contributed by atoms with Crippen molar-refractivity contribution in [2.24, 2.45) is 0 Å². The van der Waals surface area contributed by atoms with E-state index in [1.165, 1.54) is 19.3 Å². The van der Waals surface area contributed by atoms with Gasteiger partial charge in [-0.15, -0.1) is 0 Å². The van der Waals surface area contributed by atoms with Gasteiger partial charge < -0.3 is 14.6 Å². The fourth-order valence-corrected chi connectivity index (χ4v) is 3.27. The molecule has 1 saturated heterocycles. The molecule has 1 aliphatic heterocycles. The second kappa shape index (κ2) is 6.40. The van der Waals surface area contributed by atoms with E-state index >= 15 is 0 Å². The van der Waals surface area contributed by atoms with Gasteiger partial charge >= 0.3 is 0 Å². The Morgan fingerprint density at radius 2 is 1.71 bits per heavy atom. The quantitative estimate of drug-likeness (QED) is 0.762. The summed E-state index contributed by atoms with van der Waals surface area (Å²) in [5.74, 6) is 0.125. The SMILES string of the molecule is O=C(Nc1ccccc1N1CCCCC1)c1cc2ccccc2o1. The number of carbonyl (C=O) groups excluding carboxylic acids is 1. The Kier molecular flexibility index (Phi) is 3.95. The van der Waals surface area contributed by atoms with Gasteiger partial charge in [0.05, 0.1) is 11.4 Å². The molecule has 0 saturated carbocycles. The molecular formula is C20H20N2O2. The Balaban J connectivity index is 1.59. The van der Waals surface area contributed by atoms with Gasteiger partial charge in [-0.3, -0.25) is 4.79 Å². The smallest absolute Gasteiger partial charge is 0.291 e. The molecule has 2 aromatic carbocycles. The lowest BCUT2D eigenvalue weighted by molar-refractivity contribution is 0.0998. The van der Waals surface area contributed by atoms with Crippen molar-refractivity contribution in [3.05, 3.63) is 60.4 Å². The largest absolute Gasteiger partial charge is 0.451 e. The second-order valence-electron chi connectivity index (χ2n) is 6.17. The molecule has 122 valence electrons. The van der Waals surface area contributed by atoms with Crippen LogP contribution >= 0.6 is 0 Å². The third-order valence-corrected chi connectivity index (χ3v) is 4.50. The van der Waals surface area contributed by atoms with E-state index in [9.17, 15) is 4.79 Å². The molecule has 4 nitrogen and oxygen atoms in total. The van der Waals surface area contributed by atoms with E-state index in [1.54, 1.807) is 6.07 Å². The van der Waals surface area contributed by atoms with Crippen molar-refractivity contribution in [3.63, 3.8) is 0 Å². The average Bonchev–Trinajstić information content (AvgIpc) is 3.07. The third-order valence-electron chi connectivity index (χ3n) is 4.50. The van der Waals surface area contributed by atoms with Crippen molar-refractivity contribution in [2.75, 3.05) is 23.3 Å². The summed E-state index contributed by atoms with van der Waals surface area (Å²) in [6.45, 7) is 2.08. The van der Waals surface area contributed by atoms with Crippen molar-refractivity contribution in [1.82, 2.24) is 0 Å². The van der Waals surface area contributed by atoms with Crippen molar-refractivity contribution in [2.45, 2.75) is 19.3 Å². The first-order chi connectivity index (χ1) is 11.8. The van der Waals surface area contributed by atoms with Crippen LogP contribution in [0.3, 0.4) is 0 Å². The van der Waals surface area contributed by atoms with Gasteiger partial charge in [0.25, 0.3) is 5.91 Å². The molecular weight excluding hydrogens is 300 g/mol. The van der Waals surface area contributed by atoms with Crippen LogP contribution in [0.2, 0.25) is 0 Å². The zero-order valence-electron chi connectivity index (χ0n) is 13.5. The summed E-state index contributed by atoms with van der Waals surface area (Å²) in [4.78, 5) is 14.9. The number of piperidine rings is 1. The number of hydrogen-bond acceptors (Lipinski definition) is 3. The van der Waals surface area contributed by atoms with E-state index in [0.29, 0.717) is 5.76 Å². The molecule has 0 radical (unpaired) electrons. The molecule has 0 spiro atoms. The average molecular weight is 320 g/mol. The molecule has 4 rings (SSSR count). The fourth-order valence-electron chi connectivity index (χ4n) is 3.27. The van der Waals surface area contributed by atoms with Crippen molar-refractivity contribution >= 4 is 28.3 Å². The van der Waals surface area contributed by atoms with Gasteiger partial charge in [-0.2, -0.15) is 0 Å². The van der Waals surface area contributed by atoms with Gasteiger partial charge in [-0.1, -0.05) is 30.3 Å². The fraction of sp³-hybridized carbons (Fsp3) is 0.250. The van der Waals surface area contributed by atoms with Gasteiger partial charge in [0.2, 0.25) is 0 Å². The highest BCUT2D eigenvalue weighted by Crippen LogP contribution is 2.29. The molecule has 1 N–H and O–H groups in total. The third kappa shape index (κ3) is 2.87. The highest BCUT2D eigenvalue weighted by molar-refractivity contribution is 6.06. The lowest BCUT2D eigenvalue weighted by Gasteiger charge is -2.30. The summed E-state index contributed by atoms with van der Waals surface area (Å²) in [7, 11) is 0. The summed E-state index contributed by atoms with van der Waals surface area (Å²) in [6, 6.07) is 17.4. The summed E-state index contributed by atoms with van der Waals surface area (Å²) in [6.07, 6.45) is 3.68. The van der Waals surface area contributed by atoms with Crippen LogP contribution < -0.4 is 10.2 Å². The molecule has 1 aromatic heterocycles. The van der Waals surface area contributed by atoms with E-state index in [-0.39, 0.29) is 5.91 Å². The zero-order valence-corrected chi connectivity index (χ0v) is 13.5. The maximum atomic E-state index is 12.6. The molecule has 1 amide bonds. The summed E-state index contributed by atoms with van der Waals surface area (Å²) in [5.41, 5.74) is 2.65. The van der Waals surface area contributed by atoms with Crippen molar-refractivity contribution in [3.8, 4) is 0 Å². The number of anilines is 2. The molecule has 0 bridgehead atoms. The molecule has 1 fully saturated rings. The van der Waals surface area contributed by atoms with E-state index in [4.69, 9.17) is 4.42 Å². The Labute approximate surface area is 141 Å². The lowest BCUT2D eigenvalue weighted by Crippen LogP contribution is -2.30. The number of para-hydroxylation sites is 3. The van der Waals surface area contributed by atoms with Gasteiger partial charge in [0, 0.05) is 18.5 Å². The highest BCUT2D eigenvalue weighted by Gasteiger charge is 2.17. The number of fused-ring (bicyclic) bond motifs is 1. The molecule has 24 heavy (non-hydrogen) atoms. The number of amides is 1. The molecule has 3 aromatic rings. The standard InChI is InChI=1S/C20H20N2O2/c23-20(19-14-15-8-2-5-11-18(15)24-19)21-16-9-3-4-10-17(16)22-12-6-1-7-13-22/h2-5,8-11,14H,1,6-7,12-13H2,(H,21,23).